The van der Waals surface area contributed by atoms with Crippen LogP contribution in [0.15, 0.2) is 12.1 Å². The topological polar surface area (TPSA) is 54.4 Å². The second-order valence-electron chi connectivity index (χ2n) is 3.80. The van der Waals surface area contributed by atoms with Gasteiger partial charge in [-0.25, -0.2) is 4.79 Å². The predicted molar refractivity (Wildman–Crippen MR) is 61.9 cm³/mol. The van der Waals surface area contributed by atoms with Gasteiger partial charge < -0.3 is 5.11 Å². The molecule has 0 amide bonds. The fraction of sp³-hybridized carbons (Fsp3) is 0.385. The van der Waals surface area contributed by atoms with Gasteiger partial charge in [-0.2, -0.15) is 0 Å². The van der Waals surface area contributed by atoms with Gasteiger partial charge in [0.1, 0.15) is 0 Å². The molecular weight excluding hydrogens is 204 g/mol. The van der Waals surface area contributed by atoms with Crippen LogP contribution in [-0.4, -0.2) is 16.9 Å². The molecule has 0 heterocycles. The first-order valence-electron chi connectivity index (χ1n) is 5.41. The number of ketones is 1. The number of carbonyl (C=O) groups excluding carboxylic acids is 1. The van der Waals surface area contributed by atoms with E-state index in [0.29, 0.717) is 18.4 Å². The van der Waals surface area contributed by atoms with Crippen molar-refractivity contribution in [2.24, 2.45) is 0 Å². The zero-order valence-corrected chi connectivity index (χ0v) is 9.83. The molecule has 0 saturated heterocycles. The van der Waals surface area contributed by atoms with Crippen molar-refractivity contribution in [2.45, 2.75) is 33.6 Å². The molecule has 3 nitrogen and oxygen atoms in total. The number of hydrogen-bond donors (Lipinski definition) is 1. The van der Waals surface area contributed by atoms with Crippen molar-refractivity contribution in [3.8, 4) is 0 Å². The lowest BCUT2D eigenvalue weighted by atomic mass is 9.92. The maximum atomic E-state index is 11.6. The van der Waals surface area contributed by atoms with Gasteiger partial charge in [0.25, 0.3) is 5.78 Å². The van der Waals surface area contributed by atoms with E-state index in [9.17, 15) is 9.59 Å². The van der Waals surface area contributed by atoms with Gasteiger partial charge in [-0.05, 0) is 30.9 Å². The SMILES string of the molecule is CCc1cc(C)cc(CC)c1C(=O)C(=O)O. The standard InChI is InChI=1S/C13H16O3/c1-4-9-6-8(3)7-10(5-2)11(9)12(14)13(15)16/h6-7H,4-5H2,1-3H3,(H,15,16). The lowest BCUT2D eigenvalue weighted by Gasteiger charge is -2.11. The summed E-state index contributed by atoms with van der Waals surface area (Å²) in [5.41, 5.74) is 3.09. The lowest BCUT2D eigenvalue weighted by molar-refractivity contribution is -0.131. The average Bonchev–Trinajstić information content (AvgIpc) is 2.26. The van der Waals surface area contributed by atoms with Crippen LogP contribution in [0.5, 0.6) is 0 Å². The normalized spacial score (nSPS) is 10.2. The van der Waals surface area contributed by atoms with Crippen molar-refractivity contribution in [1.29, 1.82) is 0 Å². The molecule has 3 heteroatoms. The molecule has 86 valence electrons. The second kappa shape index (κ2) is 4.92. The molecule has 0 atom stereocenters. The number of carbonyl (C=O) groups is 2. The van der Waals surface area contributed by atoms with Crippen LogP contribution in [0.1, 0.15) is 40.9 Å². The van der Waals surface area contributed by atoms with Crippen molar-refractivity contribution in [3.05, 3.63) is 34.4 Å². The van der Waals surface area contributed by atoms with Crippen LogP contribution in [0.2, 0.25) is 0 Å². The molecule has 16 heavy (non-hydrogen) atoms. The number of carboxylic acids is 1. The Hall–Kier alpha value is -1.64. The van der Waals surface area contributed by atoms with E-state index in [4.69, 9.17) is 5.11 Å². The maximum absolute atomic E-state index is 11.6. The summed E-state index contributed by atoms with van der Waals surface area (Å²) in [5.74, 6) is -2.18. The first kappa shape index (κ1) is 12.4. The first-order valence-corrected chi connectivity index (χ1v) is 5.41. The van der Waals surface area contributed by atoms with Crippen LogP contribution in [0.3, 0.4) is 0 Å². The van der Waals surface area contributed by atoms with Gasteiger partial charge >= 0.3 is 5.97 Å². The third-order valence-corrected chi connectivity index (χ3v) is 2.63. The van der Waals surface area contributed by atoms with Gasteiger partial charge in [0.2, 0.25) is 0 Å². The summed E-state index contributed by atoms with van der Waals surface area (Å²) in [5, 5.41) is 8.80. The number of benzene rings is 1. The maximum Gasteiger partial charge on any atom is 0.377 e. The van der Waals surface area contributed by atoms with Crippen molar-refractivity contribution in [1.82, 2.24) is 0 Å². The van der Waals surface area contributed by atoms with Gasteiger partial charge in [-0.3, -0.25) is 4.79 Å². The van der Waals surface area contributed by atoms with E-state index in [-0.39, 0.29) is 0 Å². The van der Waals surface area contributed by atoms with Gasteiger partial charge in [0, 0.05) is 5.56 Å². The molecule has 0 radical (unpaired) electrons. The quantitative estimate of drug-likeness (QED) is 0.626. The summed E-state index contributed by atoms with van der Waals surface area (Å²) in [4.78, 5) is 22.4. The fourth-order valence-corrected chi connectivity index (χ4v) is 1.90. The Bertz CT molecular complexity index is 408. The van der Waals surface area contributed by atoms with Gasteiger partial charge in [-0.15, -0.1) is 0 Å². The first-order chi connectivity index (χ1) is 7.51. The molecular formula is C13H16O3. The minimum Gasteiger partial charge on any atom is -0.475 e. The third kappa shape index (κ3) is 2.30. The summed E-state index contributed by atoms with van der Waals surface area (Å²) < 4.78 is 0. The van der Waals surface area contributed by atoms with Gasteiger partial charge in [0.15, 0.2) is 0 Å². The Labute approximate surface area is 95.1 Å². The lowest BCUT2D eigenvalue weighted by Crippen LogP contribution is -2.17. The fourth-order valence-electron chi connectivity index (χ4n) is 1.90. The molecule has 0 aliphatic rings. The van der Waals surface area contributed by atoms with Crippen LogP contribution in [-0.2, 0) is 17.6 Å². The number of aryl methyl sites for hydroxylation is 3. The molecule has 0 aliphatic heterocycles. The monoisotopic (exact) mass is 220 g/mol. The highest BCUT2D eigenvalue weighted by Gasteiger charge is 2.21. The minimum atomic E-state index is -1.38. The Kier molecular flexibility index (Phi) is 3.82. The second-order valence-corrected chi connectivity index (χ2v) is 3.80. The van der Waals surface area contributed by atoms with Crippen molar-refractivity contribution in [3.63, 3.8) is 0 Å². The Morgan fingerprint density at radius 3 is 1.88 bits per heavy atom. The predicted octanol–water partition coefficient (Wildman–Crippen LogP) is 2.39. The highest BCUT2D eigenvalue weighted by Crippen LogP contribution is 2.20. The van der Waals surface area contributed by atoms with E-state index in [1.165, 1.54) is 0 Å². The molecule has 0 aliphatic carbocycles. The molecule has 1 aromatic rings. The molecule has 0 fully saturated rings. The highest BCUT2D eigenvalue weighted by atomic mass is 16.4. The zero-order chi connectivity index (χ0) is 12.3. The molecule has 1 N–H and O–H groups in total. The summed E-state index contributed by atoms with van der Waals surface area (Å²) in [7, 11) is 0. The van der Waals surface area contributed by atoms with E-state index in [0.717, 1.165) is 16.7 Å². The molecule has 0 unspecified atom stereocenters. The smallest absolute Gasteiger partial charge is 0.377 e. The Morgan fingerprint density at radius 1 is 1.12 bits per heavy atom. The molecule has 0 aromatic heterocycles. The summed E-state index contributed by atoms with van der Waals surface area (Å²) in [6, 6.07) is 3.77. The largest absolute Gasteiger partial charge is 0.475 e. The van der Waals surface area contributed by atoms with Crippen molar-refractivity contribution in [2.75, 3.05) is 0 Å². The van der Waals surface area contributed by atoms with Gasteiger partial charge in [-0.1, -0.05) is 31.5 Å². The summed E-state index contributed by atoms with van der Waals surface area (Å²) in [6.45, 7) is 5.80. The number of aliphatic carboxylic acids is 1. The molecule has 1 rings (SSSR count). The van der Waals surface area contributed by atoms with Crippen molar-refractivity contribution < 1.29 is 14.7 Å². The number of carboxylic acid groups (broad SMARTS) is 1. The molecule has 1 aromatic carbocycles. The Morgan fingerprint density at radius 2 is 1.56 bits per heavy atom. The number of hydrogen-bond acceptors (Lipinski definition) is 2. The van der Waals surface area contributed by atoms with Crippen LogP contribution < -0.4 is 0 Å². The van der Waals surface area contributed by atoms with Crippen LogP contribution >= 0.6 is 0 Å². The van der Waals surface area contributed by atoms with E-state index in [1.807, 2.05) is 32.9 Å². The van der Waals surface area contributed by atoms with Crippen LogP contribution in [0.25, 0.3) is 0 Å². The van der Waals surface area contributed by atoms with E-state index in [2.05, 4.69) is 0 Å². The van der Waals surface area contributed by atoms with Crippen molar-refractivity contribution >= 4 is 11.8 Å². The minimum absolute atomic E-state index is 0.378. The molecule has 0 spiro atoms. The molecule has 0 saturated carbocycles. The van der Waals surface area contributed by atoms with E-state index < -0.39 is 11.8 Å². The highest BCUT2D eigenvalue weighted by molar-refractivity contribution is 6.40. The van der Waals surface area contributed by atoms with Crippen LogP contribution in [0, 0.1) is 6.92 Å². The number of rotatable bonds is 4. The Balaban J connectivity index is 3.44. The number of Topliss-reactive ketones (excluding diaryl/α,β-unsaturated/α-hetero) is 1. The summed E-state index contributed by atoms with van der Waals surface area (Å²) >= 11 is 0. The zero-order valence-electron chi connectivity index (χ0n) is 9.83. The third-order valence-electron chi connectivity index (χ3n) is 2.63. The van der Waals surface area contributed by atoms with E-state index >= 15 is 0 Å². The van der Waals surface area contributed by atoms with Crippen LogP contribution in [0.4, 0.5) is 0 Å². The summed E-state index contributed by atoms with van der Waals surface area (Å²) in [6.07, 6.45) is 1.34. The van der Waals surface area contributed by atoms with E-state index in [1.54, 1.807) is 0 Å². The average molecular weight is 220 g/mol. The molecule has 0 bridgehead atoms. The van der Waals surface area contributed by atoms with Gasteiger partial charge in [0.05, 0.1) is 0 Å².